The highest BCUT2D eigenvalue weighted by atomic mass is 32.1. The Morgan fingerprint density at radius 3 is 2.04 bits per heavy atom. The SMILES string of the molecule is c1ccc2c3c(ccc2c1)-c1cccc2cccc(c12)N3c1cccc2c(-c3nc(-c4cccc5oc6ccccc6c45)c4sc5ccccc5c4n3)cccc12. The maximum Gasteiger partial charge on any atom is 0.161 e. The highest BCUT2D eigenvalue weighted by Crippen LogP contribution is 2.54. The molecule has 4 heterocycles. The predicted octanol–water partition coefficient (Wildman–Crippen LogP) is 15.0. The van der Waals surface area contributed by atoms with Crippen LogP contribution in [-0.4, -0.2) is 9.97 Å². The van der Waals surface area contributed by atoms with E-state index in [1.54, 1.807) is 11.3 Å². The second-order valence-electron chi connectivity index (χ2n) is 14.8. The second-order valence-corrected chi connectivity index (χ2v) is 15.9. The summed E-state index contributed by atoms with van der Waals surface area (Å²) in [5.74, 6) is 0.700. The topological polar surface area (TPSA) is 42.2 Å². The van der Waals surface area contributed by atoms with Crippen molar-refractivity contribution >= 4 is 103 Å². The van der Waals surface area contributed by atoms with Crippen molar-refractivity contribution in [3.63, 3.8) is 0 Å². The van der Waals surface area contributed by atoms with Crippen molar-refractivity contribution in [1.82, 2.24) is 9.97 Å². The van der Waals surface area contributed by atoms with E-state index in [9.17, 15) is 0 Å². The molecule has 0 spiro atoms. The van der Waals surface area contributed by atoms with Crippen LogP contribution in [0, 0.1) is 0 Å². The maximum absolute atomic E-state index is 6.38. The number of para-hydroxylation sites is 1. The minimum atomic E-state index is 0.700. The van der Waals surface area contributed by atoms with Crippen LogP contribution < -0.4 is 4.90 Å². The molecule has 0 bridgehead atoms. The fourth-order valence-electron chi connectivity index (χ4n) is 9.37. The van der Waals surface area contributed by atoms with Gasteiger partial charge in [-0.2, -0.15) is 0 Å². The molecule has 0 amide bonds. The summed E-state index contributed by atoms with van der Waals surface area (Å²) in [5, 5.41) is 10.4. The third-order valence-electron chi connectivity index (χ3n) is 11.8. The van der Waals surface area contributed by atoms with E-state index in [2.05, 4.69) is 169 Å². The zero-order valence-electron chi connectivity index (χ0n) is 30.4. The molecule has 0 saturated carbocycles. The molecule has 0 saturated heterocycles. The zero-order valence-corrected chi connectivity index (χ0v) is 31.2. The first-order valence-corrected chi connectivity index (χ1v) is 20.1. The highest BCUT2D eigenvalue weighted by molar-refractivity contribution is 7.26. The van der Waals surface area contributed by atoms with E-state index in [-0.39, 0.29) is 0 Å². The van der Waals surface area contributed by atoms with Crippen LogP contribution in [0.2, 0.25) is 0 Å². The van der Waals surface area contributed by atoms with Crippen LogP contribution in [0.15, 0.2) is 180 Å². The van der Waals surface area contributed by atoms with Gasteiger partial charge >= 0.3 is 0 Å². The third kappa shape index (κ3) is 4.32. The lowest BCUT2D eigenvalue weighted by atomic mass is 9.88. The molecular weight excluding hydrogens is 715 g/mol. The molecule has 4 nitrogen and oxygen atoms in total. The Labute approximate surface area is 330 Å². The van der Waals surface area contributed by atoms with Gasteiger partial charge in [0.15, 0.2) is 5.82 Å². The van der Waals surface area contributed by atoms with Gasteiger partial charge in [-0.05, 0) is 52.1 Å². The normalized spacial score (nSPS) is 12.5. The lowest BCUT2D eigenvalue weighted by Crippen LogP contribution is -2.16. The van der Waals surface area contributed by atoms with Crippen molar-refractivity contribution in [2.24, 2.45) is 0 Å². The van der Waals surface area contributed by atoms with Crippen LogP contribution in [0.4, 0.5) is 17.1 Å². The molecule has 1 aliphatic rings. The van der Waals surface area contributed by atoms with E-state index in [0.29, 0.717) is 5.82 Å². The summed E-state index contributed by atoms with van der Waals surface area (Å²) in [4.78, 5) is 13.5. The summed E-state index contributed by atoms with van der Waals surface area (Å²) in [5.41, 5.74) is 11.6. The summed E-state index contributed by atoms with van der Waals surface area (Å²) in [6.45, 7) is 0. The second kappa shape index (κ2) is 11.6. The number of anilines is 3. The lowest BCUT2D eigenvalue weighted by Gasteiger charge is -2.35. The number of nitrogens with zero attached hydrogens (tertiary/aromatic N) is 3. The number of furan rings is 1. The molecule has 13 rings (SSSR count). The summed E-state index contributed by atoms with van der Waals surface area (Å²) >= 11 is 1.75. The quantitative estimate of drug-likeness (QED) is 0.181. The summed E-state index contributed by atoms with van der Waals surface area (Å²) in [7, 11) is 0. The molecule has 3 aromatic heterocycles. The molecule has 264 valence electrons. The predicted molar refractivity (Wildman–Crippen MR) is 239 cm³/mol. The minimum Gasteiger partial charge on any atom is -0.456 e. The van der Waals surface area contributed by atoms with Crippen LogP contribution in [0.5, 0.6) is 0 Å². The summed E-state index contributed by atoms with van der Waals surface area (Å²) < 4.78 is 8.64. The van der Waals surface area contributed by atoms with Gasteiger partial charge in [0.25, 0.3) is 0 Å². The molecule has 9 aromatic carbocycles. The van der Waals surface area contributed by atoms with Crippen molar-refractivity contribution in [1.29, 1.82) is 0 Å². The standard InChI is InChI=1S/C52H29N3OS/c1-2-15-32-30(12-1)28-29-36-35-20-7-13-31-14-8-24-42(46(31)35)55(50(32)36)41-23-10-18-33-34(41)19-9-21-37(33)52-53-48-39-17-4-6-27-45(39)57-51(48)49(54-52)40-22-11-26-44-47(40)38-16-3-5-25-43(38)56-44/h1-29H. The first-order chi connectivity index (χ1) is 28.3. The number of aromatic nitrogens is 2. The molecule has 5 heteroatoms. The number of hydrogen-bond donors (Lipinski definition) is 0. The van der Waals surface area contributed by atoms with Crippen LogP contribution in [0.3, 0.4) is 0 Å². The van der Waals surface area contributed by atoms with Gasteiger partial charge in [-0.25, -0.2) is 9.97 Å². The molecule has 0 atom stereocenters. The maximum atomic E-state index is 6.38. The van der Waals surface area contributed by atoms with Crippen molar-refractivity contribution < 1.29 is 4.42 Å². The average molecular weight is 744 g/mol. The van der Waals surface area contributed by atoms with E-state index in [4.69, 9.17) is 14.4 Å². The Morgan fingerprint density at radius 2 is 1.09 bits per heavy atom. The fourth-order valence-corrected chi connectivity index (χ4v) is 10.5. The Hall–Kier alpha value is -7.34. The largest absolute Gasteiger partial charge is 0.456 e. The van der Waals surface area contributed by atoms with Crippen molar-refractivity contribution in [2.75, 3.05) is 4.90 Å². The molecule has 0 aliphatic carbocycles. The molecule has 0 N–H and O–H groups in total. The van der Waals surface area contributed by atoms with Gasteiger partial charge in [0.05, 0.1) is 33.0 Å². The third-order valence-corrected chi connectivity index (χ3v) is 13.0. The fraction of sp³-hybridized carbons (Fsp3) is 0. The van der Waals surface area contributed by atoms with E-state index in [1.807, 2.05) is 12.1 Å². The Kier molecular flexibility index (Phi) is 6.29. The molecule has 0 fully saturated rings. The van der Waals surface area contributed by atoms with E-state index >= 15 is 0 Å². The van der Waals surface area contributed by atoms with Crippen LogP contribution in [0.25, 0.3) is 108 Å². The molecule has 0 radical (unpaired) electrons. The van der Waals surface area contributed by atoms with E-state index < -0.39 is 0 Å². The number of fused-ring (bicyclic) bond motifs is 11. The average Bonchev–Trinajstić information content (AvgIpc) is 3.85. The van der Waals surface area contributed by atoms with Crippen molar-refractivity contribution in [3.05, 3.63) is 176 Å². The summed E-state index contributed by atoms with van der Waals surface area (Å²) in [6, 6.07) is 63.0. The molecular formula is C52H29N3OS. The van der Waals surface area contributed by atoms with Crippen LogP contribution in [0.1, 0.15) is 0 Å². The first kappa shape index (κ1) is 30.9. The minimum absolute atomic E-state index is 0.700. The van der Waals surface area contributed by atoms with Gasteiger partial charge in [0.2, 0.25) is 0 Å². The highest BCUT2D eigenvalue weighted by Gasteiger charge is 2.29. The number of thiophene rings is 1. The molecule has 1 aliphatic heterocycles. The number of rotatable bonds is 3. The van der Waals surface area contributed by atoms with E-state index in [1.165, 1.54) is 48.7 Å². The summed E-state index contributed by atoms with van der Waals surface area (Å²) in [6.07, 6.45) is 0. The number of hydrogen-bond acceptors (Lipinski definition) is 5. The lowest BCUT2D eigenvalue weighted by molar-refractivity contribution is 0.669. The van der Waals surface area contributed by atoms with Crippen molar-refractivity contribution in [3.8, 4) is 33.8 Å². The van der Waals surface area contributed by atoms with Crippen LogP contribution in [-0.2, 0) is 0 Å². The van der Waals surface area contributed by atoms with Gasteiger partial charge in [0, 0.05) is 53.7 Å². The van der Waals surface area contributed by atoms with Gasteiger partial charge < -0.3 is 9.32 Å². The molecule has 0 unspecified atom stereocenters. The zero-order chi connectivity index (χ0) is 37.2. The van der Waals surface area contributed by atoms with Crippen LogP contribution >= 0.6 is 11.3 Å². The first-order valence-electron chi connectivity index (χ1n) is 19.2. The van der Waals surface area contributed by atoms with Gasteiger partial charge in [0.1, 0.15) is 11.2 Å². The Morgan fingerprint density at radius 1 is 0.421 bits per heavy atom. The van der Waals surface area contributed by atoms with Gasteiger partial charge in [-0.15, -0.1) is 11.3 Å². The van der Waals surface area contributed by atoms with E-state index in [0.717, 1.165) is 70.8 Å². The van der Waals surface area contributed by atoms with Gasteiger partial charge in [-0.1, -0.05) is 146 Å². The number of benzene rings is 9. The molecule has 12 aromatic rings. The Bertz CT molecular complexity index is 3670. The Balaban J connectivity index is 1.10. The smallest absolute Gasteiger partial charge is 0.161 e. The van der Waals surface area contributed by atoms with Gasteiger partial charge in [-0.3, -0.25) is 0 Å². The monoisotopic (exact) mass is 743 g/mol. The molecule has 57 heavy (non-hydrogen) atoms. The van der Waals surface area contributed by atoms with Crippen molar-refractivity contribution in [2.45, 2.75) is 0 Å².